The monoisotopic (exact) mass is 181 g/mol. The Balaban J connectivity index is 3.02. The molecular formula is C6H7N5O2. The van der Waals surface area contributed by atoms with Crippen LogP contribution in [-0.2, 0) is 0 Å². The van der Waals surface area contributed by atoms with Gasteiger partial charge in [-0.25, -0.2) is 9.78 Å². The first-order valence-electron chi connectivity index (χ1n) is 3.60. The van der Waals surface area contributed by atoms with E-state index in [0.29, 0.717) is 0 Å². The third kappa shape index (κ3) is 0.934. The minimum Gasteiger partial charge on any atom is -0.339 e. The Morgan fingerprint density at radius 3 is 3.00 bits per heavy atom. The molecule has 0 atom stereocenters. The number of H-pyrrole nitrogens is 2. The lowest BCUT2D eigenvalue weighted by molar-refractivity contribution is 0.804. The van der Waals surface area contributed by atoms with Gasteiger partial charge in [0.15, 0.2) is 11.2 Å². The molecule has 2 aromatic heterocycles. The molecule has 2 heterocycles. The van der Waals surface area contributed by atoms with Gasteiger partial charge in [-0.05, 0) is 0 Å². The molecule has 0 amide bonds. The second-order valence-corrected chi connectivity index (χ2v) is 2.42. The Labute approximate surface area is 71.4 Å². The molecule has 7 nitrogen and oxygen atoms in total. The van der Waals surface area contributed by atoms with Gasteiger partial charge in [-0.15, -0.1) is 0 Å². The normalized spacial score (nSPS) is 10.5. The molecule has 3 N–H and O–H groups in total. The van der Waals surface area contributed by atoms with E-state index >= 15 is 0 Å². The highest BCUT2D eigenvalue weighted by molar-refractivity contribution is 5.67. The van der Waals surface area contributed by atoms with Gasteiger partial charge in [0, 0.05) is 7.05 Å². The molecule has 0 saturated heterocycles. The van der Waals surface area contributed by atoms with E-state index in [1.807, 2.05) is 0 Å². The summed E-state index contributed by atoms with van der Waals surface area (Å²) >= 11 is 0. The van der Waals surface area contributed by atoms with Crippen LogP contribution in [0.15, 0.2) is 15.9 Å². The molecule has 0 unspecified atom stereocenters. The van der Waals surface area contributed by atoms with Crippen molar-refractivity contribution >= 4 is 11.2 Å². The SMILES string of the molecule is CNn1c(=O)[nH]c2nc[nH]c2c1=O. The molecule has 0 aliphatic heterocycles. The van der Waals surface area contributed by atoms with Gasteiger partial charge in [0.05, 0.1) is 6.33 Å². The minimum absolute atomic E-state index is 0.265. The van der Waals surface area contributed by atoms with E-state index in [2.05, 4.69) is 20.4 Å². The molecule has 2 aromatic rings. The van der Waals surface area contributed by atoms with Gasteiger partial charge in [0.1, 0.15) is 0 Å². The summed E-state index contributed by atoms with van der Waals surface area (Å²) in [4.78, 5) is 31.5. The summed E-state index contributed by atoms with van der Waals surface area (Å²) in [7, 11) is 1.48. The van der Waals surface area contributed by atoms with Crippen molar-refractivity contribution in [3.8, 4) is 0 Å². The van der Waals surface area contributed by atoms with E-state index in [4.69, 9.17) is 0 Å². The van der Waals surface area contributed by atoms with E-state index in [1.54, 1.807) is 0 Å². The van der Waals surface area contributed by atoms with Crippen molar-refractivity contribution in [2.75, 3.05) is 12.5 Å². The van der Waals surface area contributed by atoms with Gasteiger partial charge >= 0.3 is 11.2 Å². The van der Waals surface area contributed by atoms with E-state index < -0.39 is 11.2 Å². The smallest absolute Gasteiger partial charge is 0.339 e. The summed E-state index contributed by atoms with van der Waals surface area (Å²) in [5.41, 5.74) is 2.01. The van der Waals surface area contributed by atoms with Crippen LogP contribution in [0, 0.1) is 0 Å². The molecule has 2 rings (SSSR count). The predicted octanol–water partition coefficient (Wildman–Crippen LogP) is -1.41. The maximum Gasteiger partial charge on any atom is 0.349 e. The molecule has 13 heavy (non-hydrogen) atoms. The van der Waals surface area contributed by atoms with Gasteiger partial charge in [-0.2, -0.15) is 4.68 Å². The lowest BCUT2D eigenvalue weighted by atomic mass is 10.5. The van der Waals surface area contributed by atoms with Crippen LogP contribution in [0.2, 0.25) is 0 Å². The Morgan fingerprint density at radius 1 is 1.54 bits per heavy atom. The third-order valence-electron chi connectivity index (χ3n) is 1.71. The van der Waals surface area contributed by atoms with Crippen molar-refractivity contribution in [1.29, 1.82) is 0 Å². The van der Waals surface area contributed by atoms with Crippen molar-refractivity contribution in [2.24, 2.45) is 0 Å². The molecule has 0 fully saturated rings. The lowest BCUT2D eigenvalue weighted by Crippen LogP contribution is -2.39. The first-order chi connectivity index (χ1) is 6.24. The van der Waals surface area contributed by atoms with Gasteiger partial charge in [0.2, 0.25) is 0 Å². The minimum atomic E-state index is -0.535. The van der Waals surface area contributed by atoms with Gasteiger partial charge in [-0.1, -0.05) is 0 Å². The predicted molar refractivity (Wildman–Crippen MR) is 46.3 cm³/mol. The van der Waals surface area contributed by atoms with Crippen LogP contribution in [0.1, 0.15) is 0 Å². The summed E-state index contributed by atoms with van der Waals surface area (Å²) in [6.45, 7) is 0. The quantitative estimate of drug-likeness (QED) is 0.503. The van der Waals surface area contributed by atoms with Gasteiger partial charge in [-0.3, -0.25) is 9.78 Å². The number of hydrogen-bond donors (Lipinski definition) is 3. The largest absolute Gasteiger partial charge is 0.349 e. The average Bonchev–Trinajstić information content (AvgIpc) is 2.53. The molecule has 0 bridgehead atoms. The Morgan fingerprint density at radius 2 is 2.31 bits per heavy atom. The third-order valence-corrected chi connectivity index (χ3v) is 1.71. The van der Waals surface area contributed by atoms with Crippen molar-refractivity contribution < 1.29 is 0 Å². The zero-order chi connectivity index (χ0) is 9.42. The van der Waals surface area contributed by atoms with Crippen LogP contribution >= 0.6 is 0 Å². The van der Waals surface area contributed by atoms with E-state index in [1.165, 1.54) is 13.4 Å². The lowest BCUT2D eigenvalue weighted by Gasteiger charge is -2.00. The number of nitrogens with zero attached hydrogens (tertiary/aromatic N) is 2. The number of aromatic amines is 2. The summed E-state index contributed by atoms with van der Waals surface area (Å²) < 4.78 is 0.862. The number of fused-ring (bicyclic) bond motifs is 1. The molecule has 0 aliphatic carbocycles. The van der Waals surface area contributed by atoms with Crippen molar-refractivity contribution in [3.63, 3.8) is 0 Å². The molecule has 68 valence electrons. The van der Waals surface area contributed by atoms with Gasteiger partial charge in [0.25, 0.3) is 0 Å². The van der Waals surface area contributed by atoms with Crippen LogP contribution in [0.5, 0.6) is 0 Å². The zero-order valence-corrected chi connectivity index (χ0v) is 6.79. The van der Waals surface area contributed by atoms with Crippen LogP contribution in [0.4, 0.5) is 0 Å². The summed E-state index contributed by atoms with van der Waals surface area (Å²) in [5, 5.41) is 0. The topological polar surface area (TPSA) is 95.6 Å². The molecule has 0 aliphatic rings. The fourth-order valence-electron chi connectivity index (χ4n) is 1.12. The summed E-state index contributed by atoms with van der Waals surface area (Å²) in [6.07, 6.45) is 1.35. The van der Waals surface area contributed by atoms with Crippen LogP contribution in [0.25, 0.3) is 11.2 Å². The average molecular weight is 181 g/mol. The highest BCUT2D eigenvalue weighted by atomic mass is 16.2. The van der Waals surface area contributed by atoms with E-state index in [0.717, 1.165) is 4.68 Å². The standard InChI is InChI=1S/C6H7N5O2/c1-7-11-5(12)3-4(9-2-8-3)10-6(11)13/h2,7H,1H3,(H,8,9)(H,10,13). The van der Waals surface area contributed by atoms with Gasteiger partial charge < -0.3 is 10.4 Å². The van der Waals surface area contributed by atoms with E-state index in [-0.39, 0.29) is 11.2 Å². The zero-order valence-electron chi connectivity index (χ0n) is 6.79. The van der Waals surface area contributed by atoms with E-state index in [9.17, 15) is 9.59 Å². The Kier molecular flexibility index (Phi) is 1.44. The second kappa shape index (κ2) is 2.47. The molecule has 0 radical (unpaired) electrons. The van der Waals surface area contributed by atoms with Crippen LogP contribution in [0.3, 0.4) is 0 Å². The van der Waals surface area contributed by atoms with Crippen LogP contribution < -0.4 is 16.7 Å². The van der Waals surface area contributed by atoms with Crippen molar-refractivity contribution in [3.05, 3.63) is 27.2 Å². The number of nitrogens with one attached hydrogen (secondary N) is 3. The van der Waals surface area contributed by atoms with Crippen LogP contribution in [-0.4, -0.2) is 26.7 Å². The maximum atomic E-state index is 11.5. The molecule has 0 saturated carbocycles. The van der Waals surface area contributed by atoms with Crippen molar-refractivity contribution in [1.82, 2.24) is 19.6 Å². The summed E-state index contributed by atoms with van der Waals surface area (Å²) in [6, 6.07) is 0. The highest BCUT2D eigenvalue weighted by Crippen LogP contribution is 1.93. The molecular weight excluding hydrogens is 174 g/mol. The number of hydrogen-bond acceptors (Lipinski definition) is 4. The first kappa shape index (κ1) is 7.59. The second-order valence-electron chi connectivity index (χ2n) is 2.42. The highest BCUT2D eigenvalue weighted by Gasteiger charge is 2.06. The molecule has 0 aromatic carbocycles. The first-order valence-corrected chi connectivity index (χ1v) is 3.60. The Hall–Kier alpha value is -2.05. The molecule has 7 heteroatoms. The number of rotatable bonds is 1. The number of aromatic nitrogens is 4. The number of imidazole rings is 1. The molecule has 0 spiro atoms. The Bertz CT molecular complexity index is 548. The fraction of sp³-hybridized carbons (Fsp3) is 0.167. The maximum absolute atomic E-state index is 11.5. The fourth-order valence-corrected chi connectivity index (χ4v) is 1.12. The van der Waals surface area contributed by atoms with Crippen molar-refractivity contribution in [2.45, 2.75) is 0 Å². The summed E-state index contributed by atoms with van der Waals surface area (Å²) in [5.74, 6) is 0.